The maximum Gasteiger partial charge on any atom is 0.317 e. The maximum absolute atomic E-state index is 12.5. The molecule has 1 fully saturated rings. The molecule has 0 atom stereocenters. The van der Waals surface area contributed by atoms with Crippen LogP contribution in [-0.2, 0) is 11.3 Å². The summed E-state index contributed by atoms with van der Waals surface area (Å²) in [6.07, 6.45) is 4.39. The Balaban J connectivity index is 1.36. The van der Waals surface area contributed by atoms with Crippen LogP contribution in [0, 0.1) is 5.92 Å². The minimum atomic E-state index is -0.0180. The number of fused-ring (bicyclic) bond motifs is 3. The molecule has 0 radical (unpaired) electrons. The standard InChI is InChI=1S/C21H25N5O2/c27-15-22-14-16-7-11-25(12-8-16)21(28)24-10-13-26-19-6-2-1-4-17(19)18-5-3-9-23-20(18)26/h1-6,9,15-16H,7-8,10-14H2,(H,22,27)(H,24,28). The van der Waals surface area contributed by atoms with E-state index in [1.807, 2.05) is 23.1 Å². The number of pyridine rings is 1. The minimum absolute atomic E-state index is 0.0180. The molecule has 1 aromatic carbocycles. The Bertz CT molecular complexity index is 922. The lowest BCUT2D eigenvalue weighted by atomic mass is 9.97. The van der Waals surface area contributed by atoms with Gasteiger partial charge in [-0.15, -0.1) is 0 Å². The quantitative estimate of drug-likeness (QED) is 0.646. The third kappa shape index (κ3) is 3.65. The first kappa shape index (κ1) is 18.3. The fraction of sp³-hybridized carbons (Fsp3) is 0.381. The lowest BCUT2D eigenvalue weighted by Crippen LogP contribution is -2.46. The lowest BCUT2D eigenvalue weighted by Gasteiger charge is -2.31. The molecule has 2 aromatic heterocycles. The van der Waals surface area contributed by atoms with E-state index in [1.54, 1.807) is 6.20 Å². The molecule has 0 aliphatic carbocycles. The zero-order valence-corrected chi connectivity index (χ0v) is 15.8. The molecule has 1 saturated heterocycles. The number of benzene rings is 1. The van der Waals surface area contributed by atoms with Crippen LogP contribution < -0.4 is 10.6 Å². The molecular weight excluding hydrogens is 354 g/mol. The van der Waals surface area contributed by atoms with E-state index in [0.717, 1.165) is 48.9 Å². The molecule has 0 saturated carbocycles. The van der Waals surface area contributed by atoms with Crippen LogP contribution in [0.4, 0.5) is 4.79 Å². The summed E-state index contributed by atoms with van der Waals surface area (Å²) >= 11 is 0. The van der Waals surface area contributed by atoms with Gasteiger partial charge in [-0.25, -0.2) is 9.78 Å². The van der Waals surface area contributed by atoms with E-state index < -0.39 is 0 Å². The Kier molecular flexibility index (Phi) is 5.41. The zero-order valence-electron chi connectivity index (χ0n) is 15.8. The molecule has 0 unspecified atom stereocenters. The van der Waals surface area contributed by atoms with Crippen LogP contribution in [0.5, 0.6) is 0 Å². The topological polar surface area (TPSA) is 79.3 Å². The summed E-state index contributed by atoms with van der Waals surface area (Å²) in [5.41, 5.74) is 2.08. The first-order valence-corrected chi connectivity index (χ1v) is 9.79. The minimum Gasteiger partial charge on any atom is -0.358 e. The number of carbonyl (C=O) groups is 2. The average molecular weight is 379 g/mol. The summed E-state index contributed by atoms with van der Waals surface area (Å²) in [5.74, 6) is 0.456. The van der Waals surface area contributed by atoms with Crippen LogP contribution in [0.2, 0.25) is 0 Å². The molecule has 0 spiro atoms. The van der Waals surface area contributed by atoms with Crippen molar-refractivity contribution in [1.29, 1.82) is 0 Å². The van der Waals surface area contributed by atoms with E-state index in [4.69, 9.17) is 0 Å². The lowest BCUT2D eigenvalue weighted by molar-refractivity contribution is -0.109. The third-order valence-electron chi connectivity index (χ3n) is 5.53. The number of hydrogen-bond acceptors (Lipinski definition) is 3. The first-order valence-electron chi connectivity index (χ1n) is 9.79. The van der Waals surface area contributed by atoms with Crippen molar-refractivity contribution in [2.75, 3.05) is 26.2 Å². The number of hydrogen-bond donors (Lipinski definition) is 2. The summed E-state index contributed by atoms with van der Waals surface area (Å²) in [4.78, 5) is 29.3. The molecule has 1 aliphatic heterocycles. The van der Waals surface area contributed by atoms with Crippen molar-refractivity contribution in [3.8, 4) is 0 Å². The summed E-state index contributed by atoms with van der Waals surface area (Å²) < 4.78 is 2.17. The van der Waals surface area contributed by atoms with E-state index in [1.165, 1.54) is 5.39 Å². The van der Waals surface area contributed by atoms with Crippen molar-refractivity contribution >= 4 is 34.4 Å². The monoisotopic (exact) mass is 379 g/mol. The fourth-order valence-corrected chi connectivity index (χ4v) is 4.04. The van der Waals surface area contributed by atoms with Gasteiger partial charge in [-0.1, -0.05) is 18.2 Å². The normalized spacial score (nSPS) is 15.1. The van der Waals surface area contributed by atoms with Crippen molar-refractivity contribution in [3.05, 3.63) is 42.6 Å². The first-order chi connectivity index (χ1) is 13.8. The number of para-hydroxylation sites is 1. The van der Waals surface area contributed by atoms with Crippen LogP contribution in [0.3, 0.4) is 0 Å². The second kappa shape index (κ2) is 8.29. The number of amides is 3. The predicted molar refractivity (Wildman–Crippen MR) is 109 cm³/mol. The number of aromatic nitrogens is 2. The van der Waals surface area contributed by atoms with Gasteiger partial charge in [0.25, 0.3) is 0 Å². The summed E-state index contributed by atoms with van der Waals surface area (Å²) in [5, 5.41) is 8.10. The van der Waals surface area contributed by atoms with Gasteiger partial charge in [-0.05, 0) is 37.0 Å². The zero-order chi connectivity index (χ0) is 19.3. The predicted octanol–water partition coefficient (Wildman–Crippen LogP) is 2.36. The molecule has 7 heteroatoms. The Hall–Kier alpha value is -3.09. The molecule has 7 nitrogen and oxygen atoms in total. The highest BCUT2D eigenvalue weighted by molar-refractivity contribution is 6.06. The van der Waals surface area contributed by atoms with Crippen LogP contribution in [0.1, 0.15) is 12.8 Å². The Labute approximate surface area is 163 Å². The number of likely N-dealkylation sites (tertiary alicyclic amines) is 1. The van der Waals surface area contributed by atoms with Gasteiger partial charge < -0.3 is 20.1 Å². The molecule has 3 aromatic rings. The second-order valence-electron chi connectivity index (χ2n) is 7.23. The molecule has 146 valence electrons. The Morgan fingerprint density at radius 3 is 2.75 bits per heavy atom. The fourth-order valence-electron chi connectivity index (χ4n) is 4.04. The molecule has 3 amide bonds. The van der Waals surface area contributed by atoms with E-state index in [2.05, 4.69) is 38.4 Å². The van der Waals surface area contributed by atoms with Crippen molar-refractivity contribution in [2.45, 2.75) is 19.4 Å². The van der Waals surface area contributed by atoms with Gasteiger partial charge in [0, 0.05) is 49.7 Å². The van der Waals surface area contributed by atoms with Gasteiger partial charge in [-0.2, -0.15) is 0 Å². The van der Waals surface area contributed by atoms with Gasteiger partial charge in [0.2, 0.25) is 6.41 Å². The van der Waals surface area contributed by atoms with Gasteiger partial charge in [0.1, 0.15) is 5.65 Å². The van der Waals surface area contributed by atoms with Gasteiger partial charge >= 0.3 is 6.03 Å². The molecule has 4 rings (SSSR count). The van der Waals surface area contributed by atoms with Crippen LogP contribution in [0.25, 0.3) is 21.9 Å². The molecule has 3 heterocycles. The molecule has 2 N–H and O–H groups in total. The van der Waals surface area contributed by atoms with Gasteiger partial charge in [0.15, 0.2) is 0 Å². The maximum atomic E-state index is 12.5. The van der Waals surface area contributed by atoms with E-state index >= 15 is 0 Å². The highest BCUT2D eigenvalue weighted by atomic mass is 16.2. The van der Waals surface area contributed by atoms with E-state index in [-0.39, 0.29) is 6.03 Å². The average Bonchev–Trinajstić information content (AvgIpc) is 3.07. The number of nitrogens with zero attached hydrogens (tertiary/aromatic N) is 3. The molecule has 28 heavy (non-hydrogen) atoms. The SMILES string of the molecule is O=CNCC1CCN(C(=O)NCCn2c3ccccc3c3cccnc32)CC1. The number of urea groups is 1. The summed E-state index contributed by atoms with van der Waals surface area (Å²) in [6.45, 7) is 3.38. The van der Waals surface area contributed by atoms with Gasteiger partial charge in [-0.3, -0.25) is 4.79 Å². The van der Waals surface area contributed by atoms with Crippen molar-refractivity contribution in [2.24, 2.45) is 5.92 Å². The summed E-state index contributed by atoms with van der Waals surface area (Å²) in [6, 6.07) is 12.3. The van der Waals surface area contributed by atoms with Crippen LogP contribution in [-0.4, -0.2) is 53.1 Å². The number of nitrogens with one attached hydrogen (secondary N) is 2. The molecular formula is C21H25N5O2. The van der Waals surface area contributed by atoms with E-state index in [0.29, 0.717) is 25.6 Å². The summed E-state index contributed by atoms with van der Waals surface area (Å²) in [7, 11) is 0. The third-order valence-corrected chi connectivity index (χ3v) is 5.53. The van der Waals surface area contributed by atoms with Crippen LogP contribution in [0.15, 0.2) is 42.6 Å². The van der Waals surface area contributed by atoms with Crippen LogP contribution >= 0.6 is 0 Å². The largest absolute Gasteiger partial charge is 0.358 e. The highest BCUT2D eigenvalue weighted by Crippen LogP contribution is 2.26. The highest BCUT2D eigenvalue weighted by Gasteiger charge is 2.22. The number of rotatable bonds is 6. The number of carbonyl (C=O) groups excluding carboxylic acids is 2. The van der Waals surface area contributed by atoms with Crippen molar-refractivity contribution < 1.29 is 9.59 Å². The molecule has 0 bridgehead atoms. The number of piperidine rings is 1. The van der Waals surface area contributed by atoms with Crippen molar-refractivity contribution in [1.82, 2.24) is 25.1 Å². The Morgan fingerprint density at radius 1 is 1.14 bits per heavy atom. The van der Waals surface area contributed by atoms with E-state index in [9.17, 15) is 9.59 Å². The van der Waals surface area contributed by atoms with Gasteiger partial charge in [0.05, 0.1) is 5.52 Å². The van der Waals surface area contributed by atoms with Crippen molar-refractivity contribution in [3.63, 3.8) is 0 Å². The second-order valence-corrected chi connectivity index (χ2v) is 7.23. The smallest absolute Gasteiger partial charge is 0.317 e. The Morgan fingerprint density at radius 2 is 1.93 bits per heavy atom. The molecule has 1 aliphatic rings.